The van der Waals surface area contributed by atoms with E-state index in [4.69, 9.17) is 17.0 Å². The van der Waals surface area contributed by atoms with Crippen LogP contribution in [0.5, 0.6) is 0 Å². The van der Waals surface area contributed by atoms with E-state index in [2.05, 4.69) is 22.4 Å². The molecule has 2 aromatic carbocycles. The highest BCUT2D eigenvalue weighted by Crippen LogP contribution is 2.29. The number of nitrogens with one attached hydrogen (secondary N) is 2. The molecule has 156 valence electrons. The molecule has 1 amide bonds. The highest BCUT2D eigenvalue weighted by atomic mass is 32.1. The van der Waals surface area contributed by atoms with Crippen molar-refractivity contribution in [1.82, 2.24) is 14.9 Å². The van der Waals surface area contributed by atoms with E-state index in [-0.39, 0.29) is 17.5 Å². The maximum atomic E-state index is 12.9. The van der Waals surface area contributed by atoms with Crippen LogP contribution in [0.3, 0.4) is 0 Å². The number of aryl methyl sites for hydroxylation is 1. The van der Waals surface area contributed by atoms with Gasteiger partial charge < -0.3 is 15.0 Å². The highest BCUT2D eigenvalue weighted by molar-refractivity contribution is 7.71. The van der Waals surface area contributed by atoms with E-state index in [0.29, 0.717) is 40.8 Å². The van der Waals surface area contributed by atoms with E-state index in [9.17, 15) is 9.59 Å². The normalized spacial score (nSPS) is 15.7. The van der Waals surface area contributed by atoms with Crippen LogP contribution in [0.1, 0.15) is 46.8 Å². The van der Waals surface area contributed by atoms with Gasteiger partial charge >= 0.3 is 0 Å². The fourth-order valence-electron chi connectivity index (χ4n) is 4.11. The number of nitrogens with zero attached hydrogens (tertiary/aromatic N) is 1. The van der Waals surface area contributed by atoms with Crippen molar-refractivity contribution in [2.45, 2.75) is 38.3 Å². The molecule has 4 rings (SSSR count). The minimum atomic E-state index is -0.155. The molecule has 6 nitrogen and oxygen atoms in total. The summed E-state index contributed by atoms with van der Waals surface area (Å²) in [4.78, 5) is 28.8. The molecule has 0 fully saturated rings. The van der Waals surface area contributed by atoms with Gasteiger partial charge in [0, 0.05) is 25.8 Å². The van der Waals surface area contributed by atoms with E-state index in [1.54, 1.807) is 25.3 Å². The molecule has 1 aliphatic carbocycles. The van der Waals surface area contributed by atoms with Gasteiger partial charge in [-0.1, -0.05) is 24.3 Å². The summed E-state index contributed by atoms with van der Waals surface area (Å²) in [6, 6.07) is 13.4. The van der Waals surface area contributed by atoms with Crippen molar-refractivity contribution in [1.29, 1.82) is 0 Å². The Labute approximate surface area is 179 Å². The number of carbonyl (C=O) groups is 1. The minimum Gasteiger partial charge on any atom is -0.385 e. The molecular formula is C23H25N3O3S. The summed E-state index contributed by atoms with van der Waals surface area (Å²) >= 11 is 5.37. The molecule has 0 unspecified atom stereocenters. The first-order valence-electron chi connectivity index (χ1n) is 10.2. The van der Waals surface area contributed by atoms with Crippen molar-refractivity contribution in [3.05, 3.63) is 74.3 Å². The maximum Gasteiger partial charge on any atom is 0.262 e. The fraction of sp³-hybridized carbons (Fsp3) is 0.348. The van der Waals surface area contributed by atoms with E-state index in [1.807, 2.05) is 12.1 Å². The van der Waals surface area contributed by atoms with Crippen molar-refractivity contribution in [3.8, 4) is 0 Å². The average molecular weight is 424 g/mol. The standard InChI is InChI=1S/C23H25N3O3S/c1-29-13-5-12-26-22(28)18-11-10-16(14-20(18)25-23(26)30)21(27)24-19-9-4-7-15-6-2-3-8-17(15)19/h2-3,6,8,10-11,14,19H,4-5,7,9,12-13H2,1H3,(H,24,27)(H,25,30)/t19-/m0/s1. The summed E-state index contributed by atoms with van der Waals surface area (Å²) in [6.45, 7) is 1.05. The first-order valence-corrected chi connectivity index (χ1v) is 10.6. The number of benzene rings is 2. The largest absolute Gasteiger partial charge is 0.385 e. The van der Waals surface area contributed by atoms with Crippen LogP contribution < -0.4 is 10.9 Å². The lowest BCUT2D eigenvalue weighted by Crippen LogP contribution is -2.31. The summed E-state index contributed by atoms with van der Waals surface area (Å²) < 4.78 is 6.94. The lowest BCUT2D eigenvalue weighted by Gasteiger charge is -2.26. The zero-order chi connectivity index (χ0) is 21.1. The second-order valence-electron chi connectivity index (χ2n) is 7.61. The summed E-state index contributed by atoms with van der Waals surface area (Å²) in [5, 5.41) is 3.67. The number of aromatic nitrogens is 2. The summed E-state index contributed by atoms with van der Waals surface area (Å²) in [5.74, 6) is -0.151. The quantitative estimate of drug-likeness (QED) is 0.466. The Balaban J connectivity index is 1.60. The van der Waals surface area contributed by atoms with Crippen molar-refractivity contribution in [2.24, 2.45) is 0 Å². The summed E-state index contributed by atoms with van der Waals surface area (Å²) in [6.07, 6.45) is 3.72. The molecule has 0 bridgehead atoms. The lowest BCUT2D eigenvalue weighted by molar-refractivity contribution is 0.0933. The number of methoxy groups -OCH3 is 1. The minimum absolute atomic E-state index is 0.00502. The third-order valence-corrected chi connectivity index (χ3v) is 5.97. The molecule has 1 heterocycles. The number of ether oxygens (including phenoxy) is 1. The average Bonchev–Trinajstić information content (AvgIpc) is 2.76. The van der Waals surface area contributed by atoms with E-state index in [1.165, 1.54) is 15.7 Å². The number of aromatic amines is 1. The molecule has 30 heavy (non-hydrogen) atoms. The van der Waals surface area contributed by atoms with Gasteiger partial charge in [-0.05, 0) is 67.2 Å². The molecule has 1 aliphatic rings. The van der Waals surface area contributed by atoms with Gasteiger partial charge in [-0.2, -0.15) is 0 Å². The molecule has 0 saturated heterocycles. The number of hydrogen-bond acceptors (Lipinski definition) is 4. The summed E-state index contributed by atoms with van der Waals surface area (Å²) in [7, 11) is 1.63. The Morgan fingerprint density at radius 3 is 2.97 bits per heavy atom. The molecule has 0 aliphatic heterocycles. The number of carbonyl (C=O) groups excluding carboxylic acids is 1. The van der Waals surface area contributed by atoms with E-state index in [0.717, 1.165) is 19.3 Å². The lowest BCUT2D eigenvalue weighted by atomic mass is 9.87. The van der Waals surface area contributed by atoms with Crippen molar-refractivity contribution < 1.29 is 9.53 Å². The predicted molar refractivity (Wildman–Crippen MR) is 119 cm³/mol. The van der Waals surface area contributed by atoms with Crippen LogP contribution in [0.2, 0.25) is 0 Å². The molecule has 1 aromatic heterocycles. The fourth-order valence-corrected chi connectivity index (χ4v) is 4.40. The van der Waals surface area contributed by atoms with Crippen LogP contribution in [0, 0.1) is 4.77 Å². The van der Waals surface area contributed by atoms with Gasteiger partial charge in [-0.25, -0.2) is 0 Å². The van der Waals surface area contributed by atoms with Gasteiger partial charge in [0.05, 0.1) is 16.9 Å². The van der Waals surface area contributed by atoms with Crippen LogP contribution in [0.25, 0.3) is 10.9 Å². The molecular weight excluding hydrogens is 398 g/mol. The van der Waals surface area contributed by atoms with Crippen molar-refractivity contribution in [3.63, 3.8) is 0 Å². The second kappa shape index (κ2) is 8.93. The Morgan fingerprint density at radius 1 is 1.30 bits per heavy atom. The second-order valence-corrected chi connectivity index (χ2v) is 8.00. The van der Waals surface area contributed by atoms with Gasteiger partial charge in [-0.15, -0.1) is 0 Å². The Hall–Kier alpha value is -2.77. The smallest absolute Gasteiger partial charge is 0.262 e. The third kappa shape index (κ3) is 4.08. The van der Waals surface area contributed by atoms with Gasteiger partial charge in [-0.3, -0.25) is 14.2 Å². The van der Waals surface area contributed by atoms with Gasteiger partial charge in [0.1, 0.15) is 0 Å². The Kier molecular flexibility index (Phi) is 6.11. The predicted octanol–water partition coefficient (Wildman–Crippen LogP) is 3.90. The van der Waals surface area contributed by atoms with Crippen LogP contribution >= 0.6 is 12.2 Å². The SMILES string of the molecule is COCCCn1c(=S)[nH]c2cc(C(=O)N[C@H]3CCCc4ccccc43)ccc2c1=O. The first-order chi connectivity index (χ1) is 14.6. The molecule has 7 heteroatoms. The zero-order valence-electron chi connectivity index (χ0n) is 16.9. The Bertz CT molecular complexity index is 1200. The van der Waals surface area contributed by atoms with Crippen LogP contribution in [0.15, 0.2) is 47.3 Å². The molecule has 3 aromatic rings. The number of amides is 1. The van der Waals surface area contributed by atoms with Gasteiger partial charge in [0.15, 0.2) is 4.77 Å². The number of rotatable bonds is 6. The van der Waals surface area contributed by atoms with E-state index >= 15 is 0 Å². The van der Waals surface area contributed by atoms with Crippen LogP contribution in [-0.4, -0.2) is 29.2 Å². The molecule has 1 atom stereocenters. The molecule has 0 radical (unpaired) electrons. The van der Waals surface area contributed by atoms with E-state index < -0.39 is 0 Å². The molecule has 0 spiro atoms. The molecule has 2 N–H and O–H groups in total. The maximum absolute atomic E-state index is 12.9. The van der Waals surface area contributed by atoms with Crippen molar-refractivity contribution in [2.75, 3.05) is 13.7 Å². The summed E-state index contributed by atoms with van der Waals surface area (Å²) in [5.41, 5.74) is 3.41. The third-order valence-electron chi connectivity index (χ3n) is 5.65. The van der Waals surface area contributed by atoms with Gasteiger partial charge in [0.2, 0.25) is 0 Å². The monoisotopic (exact) mass is 423 g/mol. The first kappa shape index (κ1) is 20.5. The molecule has 0 saturated carbocycles. The topological polar surface area (TPSA) is 76.1 Å². The Morgan fingerprint density at radius 2 is 2.13 bits per heavy atom. The number of fused-ring (bicyclic) bond motifs is 2. The highest BCUT2D eigenvalue weighted by Gasteiger charge is 2.22. The van der Waals surface area contributed by atoms with Crippen LogP contribution in [-0.2, 0) is 17.7 Å². The van der Waals surface area contributed by atoms with Crippen LogP contribution in [0.4, 0.5) is 0 Å². The zero-order valence-corrected chi connectivity index (χ0v) is 17.8. The van der Waals surface area contributed by atoms with Gasteiger partial charge in [0.25, 0.3) is 11.5 Å². The number of hydrogen-bond donors (Lipinski definition) is 2. The van der Waals surface area contributed by atoms with Crippen molar-refractivity contribution >= 4 is 29.0 Å². The number of H-pyrrole nitrogens is 1.